The molecule has 1 aromatic rings. The molecule has 3 fully saturated rings. The van der Waals surface area contributed by atoms with Gasteiger partial charge in [-0.25, -0.2) is 8.42 Å². The molecule has 138 valence electrons. The van der Waals surface area contributed by atoms with Gasteiger partial charge in [-0.05, 0) is 81.4 Å². The molecule has 1 N–H and O–H groups in total. The van der Waals surface area contributed by atoms with Crippen molar-refractivity contribution in [3.63, 3.8) is 0 Å². The second-order valence-electron chi connectivity index (χ2n) is 8.26. The summed E-state index contributed by atoms with van der Waals surface area (Å²) in [5.74, 6) is 3.54. The van der Waals surface area contributed by atoms with Gasteiger partial charge in [0.15, 0.2) is 0 Å². The van der Waals surface area contributed by atoms with Gasteiger partial charge in [0, 0.05) is 19.1 Å². The predicted molar refractivity (Wildman–Crippen MR) is 99.7 cm³/mol. The zero-order valence-electron chi connectivity index (χ0n) is 15.1. The van der Waals surface area contributed by atoms with Gasteiger partial charge in [-0.15, -0.1) is 0 Å². The van der Waals surface area contributed by atoms with Crippen LogP contribution in [0.4, 0.5) is 0 Å². The first-order valence-electron chi connectivity index (χ1n) is 9.84. The maximum Gasteiger partial charge on any atom is 0.243 e. The van der Waals surface area contributed by atoms with Crippen LogP contribution in [0.25, 0.3) is 0 Å². The number of hydrogen-bond acceptors (Lipinski definition) is 3. The van der Waals surface area contributed by atoms with E-state index in [1.54, 1.807) is 28.6 Å². The monoisotopic (exact) mass is 362 g/mol. The highest BCUT2D eigenvalue weighted by Gasteiger charge is 2.49. The summed E-state index contributed by atoms with van der Waals surface area (Å²) in [5, 5.41) is 3.74. The molecule has 2 saturated carbocycles. The molecule has 0 bridgehead atoms. The molecule has 1 heterocycles. The maximum atomic E-state index is 12.7. The van der Waals surface area contributed by atoms with Crippen LogP contribution < -0.4 is 5.32 Å². The Hall–Kier alpha value is -0.910. The summed E-state index contributed by atoms with van der Waals surface area (Å²) < 4.78 is 27.0. The van der Waals surface area contributed by atoms with Gasteiger partial charge in [0.2, 0.25) is 10.0 Å². The Labute approximate surface area is 152 Å². The lowest BCUT2D eigenvalue weighted by molar-refractivity contribution is 0.259. The maximum absolute atomic E-state index is 12.7. The quantitative estimate of drug-likeness (QED) is 0.811. The Kier molecular flexibility index (Phi) is 4.91. The first-order valence-corrected chi connectivity index (χ1v) is 11.3. The first kappa shape index (κ1) is 17.5. The van der Waals surface area contributed by atoms with Crippen molar-refractivity contribution in [3.8, 4) is 0 Å². The van der Waals surface area contributed by atoms with E-state index in [0.717, 1.165) is 37.1 Å². The van der Waals surface area contributed by atoms with Gasteiger partial charge in [-0.3, -0.25) is 0 Å². The second-order valence-corrected chi connectivity index (χ2v) is 10.2. The summed E-state index contributed by atoms with van der Waals surface area (Å²) in [5.41, 5.74) is 0. The molecular formula is C20H30N2O2S. The van der Waals surface area contributed by atoms with Crippen molar-refractivity contribution in [3.05, 3.63) is 30.3 Å². The SMILES string of the molecule is CC(NCC1CCN(S(=O)(=O)c2ccccc2)CC1)[C@@H]1C[C@H]1C1CC1. The van der Waals surface area contributed by atoms with Crippen molar-refractivity contribution in [2.75, 3.05) is 19.6 Å². The van der Waals surface area contributed by atoms with Gasteiger partial charge in [0.25, 0.3) is 0 Å². The number of hydrogen-bond donors (Lipinski definition) is 1. The highest BCUT2D eigenvalue weighted by atomic mass is 32.2. The van der Waals surface area contributed by atoms with Gasteiger partial charge in [-0.2, -0.15) is 4.31 Å². The first-order chi connectivity index (χ1) is 12.1. The summed E-state index contributed by atoms with van der Waals surface area (Å²) in [6.45, 7) is 4.66. The number of rotatable bonds is 7. The third kappa shape index (κ3) is 3.93. The molecule has 2 aliphatic carbocycles. The standard InChI is InChI=1S/C20H30N2O2S/c1-15(19-13-20(19)17-7-8-17)21-14-16-9-11-22(12-10-16)25(23,24)18-5-3-2-4-6-18/h2-6,15-17,19-21H,7-14H2,1H3/t15?,19-,20-/m0/s1. The van der Waals surface area contributed by atoms with E-state index >= 15 is 0 Å². The minimum Gasteiger partial charge on any atom is -0.314 e. The van der Waals surface area contributed by atoms with Crippen molar-refractivity contribution in [1.82, 2.24) is 9.62 Å². The van der Waals surface area contributed by atoms with E-state index in [1.165, 1.54) is 19.3 Å². The van der Waals surface area contributed by atoms with Gasteiger partial charge in [-0.1, -0.05) is 18.2 Å². The van der Waals surface area contributed by atoms with Crippen LogP contribution in [0.1, 0.15) is 39.0 Å². The molecule has 4 rings (SSSR count). The predicted octanol–water partition coefficient (Wildman–Crippen LogP) is 3.11. The van der Waals surface area contributed by atoms with Crippen molar-refractivity contribution >= 4 is 10.0 Å². The fraction of sp³-hybridized carbons (Fsp3) is 0.700. The lowest BCUT2D eigenvalue weighted by atomic mass is 9.97. The Bertz CT molecular complexity index is 679. The summed E-state index contributed by atoms with van der Waals surface area (Å²) in [6, 6.07) is 9.44. The fourth-order valence-electron chi connectivity index (χ4n) is 4.48. The average molecular weight is 363 g/mol. The molecule has 0 aromatic heterocycles. The van der Waals surface area contributed by atoms with Crippen LogP contribution in [0, 0.1) is 23.7 Å². The van der Waals surface area contributed by atoms with Gasteiger partial charge < -0.3 is 5.32 Å². The number of nitrogens with zero attached hydrogens (tertiary/aromatic N) is 1. The molecule has 0 amide bonds. The van der Waals surface area contributed by atoms with Crippen molar-refractivity contribution < 1.29 is 8.42 Å². The van der Waals surface area contributed by atoms with Crippen LogP contribution in [0.5, 0.6) is 0 Å². The highest BCUT2D eigenvalue weighted by Crippen LogP contribution is 2.55. The van der Waals surface area contributed by atoms with E-state index in [2.05, 4.69) is 12.2 Å². The summed E-state index contributed by atoms with van der Waals surface area (Å²) in [4.78, 5) is 0.417. The van der Waals surface area contributed by atoms with Crippen LogP contribution in [0.2, 0.25) is 0 Å². The van der Waals surface area contributed by atoms with E-state index in [1.807, 2.05) is 6.07 Å². The van der Waals surface area contributed by atoms with Crippen LogP contribution in [0.15, 0.2) is 35.2 Å². The molecule has 1 aromatic carbocycles. The minimum absolute atomic E-state index is 0.417. The zero-order valence-corrected chi connectivity index (χ0v) is 15.9. The lowest BCUT2D eigenvalue weighted by Gasteiger charge is -2.32. The molecule has 3 atom stereocenters. The molecule has 4 nitrogen and oxygen atoms in total. The number of nitrogens with one attached hydrogen (secondary N) is 1. The van der Waals surface area contributed by atoms with Crippen LogP contribution >= 0.6 is 0 Å². The summed E-state index contributed by atoms with van der Waals surface area (Å²) in [6.07, 6.45) is 6.27. The van der Waals surface area contributed by atoms with Gasteiger partial charge in [0.05, 0.1) is 4.90 Å². The van der Waals surface area contributed by atoms with Crippen LogP contribution in [0.3, 0.4) is 0 Å². The number of piperidine rings is 1. The van der Waals surface area contributed by atoms with E-state index in [9.17, 15) is 8.42 Å². The third-order valence-corrected chi connectivity index (χ3v) is 8.36. The van der Waals surface area contributed by atoms with E-state index < -0.39 is 10.0 Å². The third-order valence-electron chi connectivity index (χ3n) is 6.44. The summed E-state index contributed by atoms with van der Waals surface area (Å²) >= 11 is 0. The van der Waals surface area contributed by atoms with Crippen molar-refractivity contribution in [1.29, 1.82) is 0 Å². The Morgan fingerprint density at radius 2 is 1.80 bits per heavy atom. The molecule has 3 aliphatic rings. The van der Waals surface area contributed by atoms with Crippen molar-refractivity contribution in [2.45, 2.75) is 50.0 Å². The molecule has 0 radical (unpaired) electrons. The zero-order chi connectivity index (χ0) is 17.4. The summed E-state index contributed by atoms with van der Waals surface area (Å²) in [7, 11) is -3.32. The molecule has 5 heteroatoms. The van der Waals surface area contributed by atoms with Crippen LogP contribution in [-0.2, 0) is 10.0 Å². The molecule has 25 heavy (non-hydrogen) atoms. The van der Waals surface area contributed by atoms with E-state index in [-0.39, 0.29) is 0 Å². The molecule has 0 spiro atoms. The molecule has 1 saturated heterocycles. The van der Waals surface area contributed by atoms with Crippen molar-refractivity contribution in [2.24, 2.45) is 23.7 Å². The lowest BCUT2D eigenvalue weighted by Crippen LogP contribution is -2.42. The topological polar surface area (TPSA) is 49.4 Å². The minimum atomic E-state index is -3.32. The Morgan fingerprint density at radius 1 is 1.12 bits per heavy atom. The van der Waals surface area contributed by atoms with E-state index in [4.69, 9.17) is 0 Å². The van der Waals surface area contributed by atoms with Gasteiger partial charge >= 0.3 is 0 Å². The fourth-order valence-corrected chi connectivity index (χ4v) is 5.97. The highest BCUT2D eigenvalue weighted by molar-refractivity contribution is 7.89. The van der Waals surface area contributed by atoms with Crippen LogP contribution in [-0.4, -0.2) is 38.4 Å². The number of sulfonamides is 1. The molecule has 1 unspecified atom stereocenters. The number of benzene rings is 1. The molecule has 1 aliphatic heterocycles. The Balaban J connectivity index is 1.23. The Morgan fingerprint density at radius 3 is 2.44 bits per heavy atom. The smallest absolute Gasteiger partial charge is 0.243 e. The van der Waals surface area contributed by atoms with Gasteiger partial charge in [0.1, 0.15) is 0 Å². The largest absolute Gasteiger partial charge is 0.314 e. The molecular weight excluding hydrogens is 332 g/mol. The second kappa shape index (κ2) is 7.01. The van der Waals surface area contributed by atoms with E-state index in [0.29, 0.717) is 29.9 Å². The normalized spacial score (nSPS) is 29.5. The average Bonchev–Trinajstić information content (AvgIpc) is 3.52.